The first-order valence-electron chi connectivity index (χ1n) is 9.84. The zero-order valence-electron chi connectivity index (χ0n) is 17.1. The summed E-state index contributed by atoms with van der Waals surface area (Å²) >= 11 is 3.62. The fourth-order valence-electron chi connectivity index (χ4n) is 3.06. The number of benzene rings is 3. The number of halogens is 1. The van der Waals surface area contributed by atoms with Crippen LogP contribution in [0.4, 0.5) is 0 Å². The fraction of sp³-hybridized carbons (Fsp3) is 0.240. The molecule has 0 aromatic heterocycles. The van der Waals surface area contributed by atoms with Gasteiger partial charge in [0, 0.05) is 17.8 Å². The minimum Gasteiger partial charge on any atom is -0.485 e. The zero-order valence-corrected chi connectivity index (χ0v) is 18.7. The Morgan fingerprint density at radius 1 is 0.867 bits per heavy atom. The maximum absolute atomic E-state index is 11.3. The largest absolute Gasteiger partial charge is 0.485 e. The second-order valence-corrected chi connectivity index (χ2v) is 7.92. The first-order valence-corrected chi connectivity index (χ1v) is 10.6. The van der Waals surface area contributed by atoms with Crippen molar-refractivity contribution in [1.82, 2.24) is 0 Å². The van der Waals surface area contributed by atoms with E-state index in [1.807, 2.05) is 79.7 Å². The van der Waals surface area contributed by atoms with E-state index < -0.39 is 0 Å². The molecule has 5 heteroatoms. The fourth-order valence-corrected chi connectivity index (χ4v) is 3.55. The van der Waals surface area contributed by atoms with Crippen molar-refractivity contribution in [3.05, 3.63) is 94.0 Å². The van der Waals surface area contributed by atoms with Gasteiger partial charge in [-0.25, -0.2) is 0 Å². The van der Waals surface area contributed by atoms with Crippen molar-refractivity contribution in [2.75, 3.05) is 0 Å². The van der Waals surface area contributed by atoms with Crippen molar-refractivity contribution in [1.29, 1.82) is 0 Å². The number of carbonyl (C=O) groups is 1. The molecule has 3 aromatic rings. The van der Waals surface area contributed by atoms with E-state index in [-0.39, 0.29) is 12.1 Å². The van der Waals surface area contributed by atoms with Crippen LogP contribution in [0, 0.1) is 0 Å². The Kier molecular flexibility index (Phi) is 7.91. The highest BCUT2D eigenvalue weighted by Crippen LogP contribution is 2.35. The molecule has 0 aliphatic carbocycles. The smallest absolute Gasteiger partial charge is 0.302 e. The molecule has 0 fully saturated rings. The van der Waals surface area contributed by atoms with Gasteiger partial charge in [0.05, 0.1) is 0 Å². The highest BCUT2D eigenvalue weighted by molar-refractivity contribution is 9.10. The van der Waals surface area contributed by atoms with Gasteiger partial charge in [0.25, 0.3) is 0 Å². The van der Waals surface area contributed by atoms with E-state index in [4.69, 9.17) is 14.2 Å². The van der Waals surface area contributed by atoms with E-state index in [0.29, 0.717) is 31.1 Å². The summed E-state index contributed by atoms with van der Waals surface area (Å²) in [6.45, 7) is 4.17. The van der Waals surface area contributed by atoms with Crippen LogP contribution in [-0.2, 0) is 29.2 Å². The van der Waals surface area contributed by atoms with E-state index in [9.17, 15) is 4.79 Å². The topological polar surface area (TPSA) is 44.8 Å². The highest BCUT2D eigenvalue weighted by atomic mass is 79.9. The van der Waals surface area contributed by atoms with Crippen molar-refractivity contribution in [3.8, 4) is 11.5 Å². The van der Waals surface area contributed by atoms with Gasteiger partial charge >= 0.3 is 5.97 Å². The van der Waals surface area contributed by atoms with Gasteiger partial charge in [0.2, 0.25) is 0 Å². The van der Waals surface area contributed by atoms with E-state index in [2.05, 4.69) is 15.9 Å². The summed E-state index contributed by atoms with van der Waals surface area (Å²) in [4.78, 5) is 11.3. The van der Waals surface area contributed by atoms with Crippen LogP contribution in [0.1, 0.15) is 30.5 Å². The molecule has 3 aromatic carbocycles. The van der Waals surface area contributed by atoms with Gasteiger partial charge in [-0.2, -0.15) is 0 Å². The van der Waals surface area contributed by atoms with Crippen LogP contribution >= 0.6 is 15.9 Å². The molecule has 0 aliphatic rings. The van der Waals surface area contributed by atoms with Crippen LogP contribution in [-0.4, -0.2) is 12.1 Å². The average molecular weight is 469 g/mol. The SMILES string of the molecule is CC(=O)O[C@@H](C)Cc1cc(OCc2ccccc2)c(OCc2ccccc2)cc1Br. The molecule has 0 saturated heterocycles. The highest BCUT2D eigenvalue weighted by Gasteiger charge is 2.15. The van der Waals surface area contributed by atoms with Gasteiger partial charge in [-0.15, -0.1) is 0 Å². The number of carbonyl (C=O) groups excluding carboxylic acids is 1. The van der Waals surface area contributed by atoms with Crippen LogP contribution in [0.15, 0.2) is 77.3 Å². The summed E-state index contributed by atoms with van der Waals surface area (Å²) in [7, 11) is 0. The maximum atomic E-state index is 11.3. The third kappa shape index (κ3) is 6.63. The zero-order chi connectivity index (χ0) is 21.3. The minimum absolute atomic E-state index is 0.239. The molecule has 0 saturated carbocycles. The number of hydrogen-bond acceptors (Lipinski definition) is 4. The molecular weight excluding hydrogens is 444 g/mol. The molecule has 0 unspecified atom stereocenters. The van der Waals surface area contributed by atoms with E-state index in [0.717, 1.165) is 21.2 Å². The molecular formula is C25H25BrO4. The Bertz CT molecular complexity index is 958. The van der Waals surface area contributed by atoms with Crippen molar-refractivity contribution in [3.63, 3.8) is 0 Å². The predicted octanol–water partition coefficient (Wildman–Crippen LogP) is 6.10. The lowest BCUT2D eigenvalue weighted by Crippen LogP contribution is -2.15. The van der Waals surface area contributed by atoms with E-state index in [1.165, 1.54) is 6.92 Å². The second kappa shape index (κ2) is 10.8. The Labute approximate surface area is 185 Å². The molecule has 3 rings (SSSR count). The molecule has 0 radical (unpaired) electrons. The van der Waals surface area contributed by atoms with Gasteiger partial charge in [-0.1, -0.05) is 76.6 Å². The average Bonchev–Trinajstić information content (AvgIpc) is 2.73. The minimum atomic E-state index is -0.290. The molecule has 156 valence electrons. The van der Waals surface area contributed by atoms with Crippen molar-refractivity contribution in [2.24, 2.45) is 0 Å². The number of hydrogen-bond donors (Lipinski definition) is 0. The van der Waals surface area contributed by atoms with Gasteiger partial charge in [-0.05, 0) is 35.7 Å². The number of rotatable bonds is 9. The van der Waals surface area contributed by atoms with Gasteiger partial charge < -0.3 is 14.2 Å². The quantitative estimate of drug-likeness (QED) is 0.355. The Morgan fingerprint density at radius 3 is 1.87 bits per heavy atom. The molecule has 0 aliphatic heterocycles. The van der Waals surface area contributed by atoms with Crippen LogP contribution in [0.3, 0.4) is 0 Å². The molecule has 1 atom stereocenters. The molecule has 0 N–H and O–H groups in total. The lowest BCUT2D eigenvalue weighted by Gasteiger charge is -2.18. The third-order valence-corrected chi connectivity index (χ3v) is 5.20. The lowest BCUT2D eigenvalue weighted by atomic mass is 10.1. The molecule has 4 nitrogen and oxygen atoms in total. The maximum Gasteiger partial charge on any atom is 0.302 e. The first kappa shape index (κ1) is 21.9. The summed E-state index contributed by atoms with van der Waals surface area (Å²) in [6, 6.07) is 23.9. The van der Waals surface area contributed by atoms with Crippen molar-refractivity contribution >= 4 is 21.9 Å². The summed E-state index contributed by atoms with van der Waals surface area (Å²) in [5.74, 6) is 1.02. The van der Waals surface area contributed by atoms with Crippen LogP contribution in [0.25, 0.3) is 0 Å². The third-order valence-electron chi connectivity index (χ3n) is 4.46. The van der Waals surface area contributed by atoms with Crippen molar-refractivity contribution < 1.29 is 19.0 Å². The van der Waals surface area contributed by atoms with Gasteiger partial charge in [0.1, 0.15) is 19.3 Å². The molecule has 0 amide bonds. The Balaban J connectivity index is 1.81. The Hall–Kier alpha value is -2.79. The van der Waals surface area contributed by atoms with E-state index >= 15 is 0 Å². The van der Waals surface area contributed by atoms with Gasteiger partial charge in [0.15, 0.2) is 11.5 Å². The monoisotopic (exact) mass is 468 g/mol. The lowest BCUT2D eigenvalue weighted by molar-refractivity contribution is -0.145. The normalized spacial score (nSPS) is 11.6. The number of esters is 1. The summed E-state index contributed by atoms with van der Waals surface area (Å²) < 4.78 is 18.4. The Morgan fingerprint density at radius 2 is 1.37 bits per heavy atom. The molecule has 0 bridgehead atoms. The van der Waals surface area contributed by atoms with Crippen molar-refractivity contribution in [2.45, 2.75) is 39.6 Å². The standard InChI is InChI=1S/C25H25BrO4/c1-18(30-19(2)27)13-22-14-24(28-16-20-9-5-3-6-10-20)25(15-23(22)26)29-17-21-11-7-4-8-12-21/h3-12,14-15,18H,13,16-17H2,1-2H3/t18-/m0/s1. The van der Waals surface area contributed by atoms with Gasteiger partial charge in [-0.3, -0.25) is 4.79 Å². The van der Waals surface area contributed by atoms with Crippen LogP contribution in [0.5, 0.6) is 11.5 Å². The van der Waals surface area contributed by atoms with E-state index in [1.54, 1.807) is 0 Å². The molecule has 30 heavy (non-hydrogen) atoms. The van der Waals surface area contributed by atoms with Crippen LogP contribution < -0.4 is 9.47 Å². The number of ether oxygens (including phenoxy) is 3. The summed E-state index contributed by atoms with van der Waals surface area (Å²) in [5, 5.41) is 0. The summed E-state index contributed by atoms with van der Waals surface area (Å²) in [6.07, 6.45) is 0.331. The molecule has 0 spiro atoms. The first-order chi connectivity index (χ1) is 14.5. The molecule has 0 heterocycles. The van der Waals surface area contributed by atoms with Crippen LogP contribution in [0.2, 0.25) is 0 Å². The predicted molar refractivity (Wildman–Crippen MR) is 121 cm³/mol. The second-order valence-electron chi connectivity index (χ2n) is 7.06. The summed E-state index contributed by atoms with van der Waals surface area (Å²) in [5.41, 5.74) is 3.14.